The van der Waals surface area contributed by atoms with Crippen LogP contribution in [0.15, 0.2) is 0 Å². The van der Waals surface area contributed by atoms with Gasteiger partial charge in [-0.05, 0) is 18.8 Å². The molecule has 0 aliphatic rings. The highest BCUT2D eigenvalue weighted by molar-refractivity contribution is 8.13. The van der Waals surface area contributed by atoms with Crippen LogP contribution in [-0.2, 0) is 4.79 Å². The molecule has 0 aliphatic heterocycles. The Kier molecular flexibility index (Phi) is 6.66. The second-order valence-electron chi connectivity index (χ2n) is 2.27. The van der Waals surface area contributed by atoms with Crippen molar-refractivity contribution in [2.45, 2.75) is 20.8 Å². The Morgan fingerprint density at radius 2 is 1.82 bits per heavy atom. The summed E-state index contributed by atoms with van der Waals surface area (Å²) in [6.45, 7) is 8.69. The summed E-state index contributed by atoms with van der Waals surface area (Å²) >= 11 is 1.41. The molecular formula is C8H17NOS. The zero-order chi connectivity index (χ0) is 8.69. The Morgan fingerprint density at radius 1 is 1.27 bits per heavy atom. The molecule has 0 aromatic heterocycles. The van der Waals surface area contributed by atoms with Gasteiger partial charge in [-0.25, -0.2) is 0 Å². The fourth-order valence-electron chi connectivity index (χ4n) is 0.836. The molecule has 0 saturated heterocycles. The third kappa shape index (κ3) is 5.27. The monoisotopic (exact) mass is 175 g/mol. The van der Waals surface area contributed by atoms with Crippen molar-refractivity contribution in [3.05, 3.63) is 0 Å². The van der Waals surface area contributed by atoms with E-state index in [2.05, 4.69) is 18.7 Å². The van der Waals surface area contributed by atoms with Crippen LogP contribution in [0, 0.1) is 0 Å². The smallest absolute Gasteiger partial charge is 0.202 e. The van der Waals surface area contributed by atoms with E-state index >= 15 is 0 Å². The summed E-state index contributed by atoms with van der Waals surface area (Å²) in [5.74, 6) is 0.889. The van der Waals surface area contributed by atoms with Crippen molar-refractivity contribution in [2.75, 3.05) is 25.4 Å². The molecule has 0 amide bonds. The second kappa shape index (κ2) is 6.68. The summed E-state index contributed by atoms with van der Waals surface area (Å²) < 4.78 is 0. The molecular weight excluding hydrogens is 158 g/mol. The number of hydrogen-bond donors (Lipinski definition) is 0. The molecule has 0 saturated carbocycles. The lowest BCUT2D eigenvalue weighted by atomic mass is 10.5. The lowest BCUT2D eigenvalue weighted by Crippen LogP contribution is -2.28. The predicted molar refractivity (Wildman–Crippen MR) is 50.9 cm³/mol. The van der Waals surface area contributed by atoms with Crippen LogP contribution in [0.5, 0.6) is 0 Å². The average molecular weight is 175 g/mol. The van der Waals surface area contributed by atoms with Crippen LogP contribution in [-0.4, -0.2) is 35.4 Å². The zero-order valence-corrected chi connectivity index (χ0v) is 8.41. The van der Waals surface area contributed by atoms with Gasteiger partial charge in [0.05, 0.1) is 6.54 Å². The fourth-order valence-corrected chi connectivity index (χ4v) is 1.43. The number of carbonyl (C=O) groups is 1. The van der Waals surface area contributed by atoms with E-state index in [4.69, 9.17) is 0 Å². The van der Waals surface area contributed by atoms with Crippen LogP contribution in [0.3, 0.4) is 0 Å². The summed E-state index contributed by atoms with van der Waals surface area (Å²) in [6.07, 6.45) is 0. The number of carbonyl (C=O) groups excluding carboxylic acids is 1. The van der Waals surface area contributed by atoms with Crippen LogP contribution in [0.1, 0.15) is 20.8 Å². The zero-order valence-electron chi connectivity index (χ0n) is 7.59. The topological polar surface area (TPSA) is 20.3 Å². The first-order valence-corrected chi connectivity index (χ1v) is 5.11. The minimum absolute atomic E-state index is 0.288. The van der Waals surface area contributed by atoms with Crippen molar-refractivity contribution in [3.63, 3.8) is 0 Å². The Morgan fingerprint density at radius 3 is 2.18 bits per heavy atom. The molecule has 66 valence electrons. The highest BCUT2D eigenvalue weighted by atomic mass is 32.2. The minimum atomic E-state index is 0.288. The van der Waals surface area contributed by atoms with Gasteiger partial charge >= 0.3 is 0 Å². The van der Waals surface area contributed by atoms with Gasteiger partial charge in [0.1, 0.15) is 0 Å². The molecule has 0 unspecified atom stereocenters. The van der Waals surface area contributed by atoms with Gasteiger partial charge in [0.25, 0.3) is 0 Å². The molecule has 0 spiro atoms. The SMILES string of the molecule is CCSC(=O)CN(CC)CC. The van der Waals surface area contributed by atoms with Crippen LogP contribution < -0.4 is 0 Å². The quantitative estimate of drug-likeness (QED) is 0.633. The number of likely N-dealkylation sites (N-methyl/N-ethyl adjacent to an activating group) is 1. The molecule has 0 fully saturated rings. The van der Waals surface area contributed by atoms with Crippen LogP contribution >= 0.6 is 11.8 Å². The summed E-state index contributed by atoms with van der Waals surface area (Å²) in [7, 11) is 0. The normalized spacial score (nSPS) is 10.5. The Balaban J connectivity index is 3.54. The van der Waals surface area contributed by atoms with E-state index in [0.717, 1.165) is 18.8 Å². The third-order valence-electron chi connectivity index (χ3n) is 1.55. The molecule has 0 heterocycles. The molecule has 0 aromatic carbocycles. The number of nitrogens with zero attached hydrogens (tertiary/aromatic N) is 1. The van der Waals surface area contributed by atoms with E-state index in [1.165, 1.54) is 11.8 Å². The molecule has 0 aliphatic carbocycles. The molecule has 0 atom stereocenters. The van der Waals surface area contributed by atoms with E-state index < -0.39 is 0 Å². The van der Waals surface area contributed by atoms with Crippen molar-refractivity contribution < 1.29 is 4.79 Å². The molecule has 0 N–H and O–H groups in total. The van der Waals surface area contributed by atoms with Gasteiger partial charge in [-0.15, -0.1) is 0 Å². The number of hydrogen-bond acceptors (Lipinski definition) is 3. The van der Waals surface area contributed by atoms with Gasteiger partial charge in [-0.3, -0.25) is 9.69 Å². The maximum Gasteiger partial charge on any atom is 0.202 e. The van der Waals surface area contributed by atoms with E-state index in [1.807, 2.05) is 6.92 Å². The maximum absolute atomic E-state index is 11.1. The molecule has 0 rings (SSSR count). The second-order valence-corrected chi connectivity index (χ2v) is 3.59. The molecule has 3 heteroatoms. The first-order valence-electron chi connectivity index (χ1n) is 4.12. The largest absolute Gasteiger partial charge is 0.296 e. The first-order chi connectivity index (χ1) is 5.24. The molecule has 11 heavy (non-hydrogen) atoms. The van der Waals surface area contributed by atoms with E-state index in [1.54, 1.807) is 0 Å². The van der Waals surface area contributed by atoms with Crippen molar-refractivity contribution in [1.29, 1.82) is 0 Å². The summed E-state index contributed by atoms with van der Waals surface area (Å²) in [4.78, 5) is 13.2. The van der Waals surface area contributed by atoms with Gasteiger partial charge in [0.15, 0.2) is 0 Å². The summed E-state index contributed by atoms with van der Waals surface area (Å²) in [5, 5.41) is 0.288. The van der Waals surface area contributed by atoms with Crippen molar-refractivity contribution in [3.8, 4) is 0 Å². The molecule has 0 radical (unpaired) electrons. The average Bonchev–Trinajstić information content (AvgIpc) is 2.01. The minimum Gasteiger partial charge on any atom is -0.296 e. The van der Waals surface area contributed by atoms with Gasteiger partial charge < -0.3 is 0 Å². The Hall–Kier alpha value is -0.0200. The van der Waals surface area contributed by atoms with Crippen molar-refractivity contribution >= 4 is 16.9 Å². The van der Waals surface area contributed by atoms with Gasteiger partial charge in [0, 0.05) is 0 Å². The highest BCUT2D eigenvalue weighted by Crippen LogP contribution is 2.02. The van der Waals surface area contributed by atoms with E-state index in [-0.39, 0.29) is 5.12 Å². The number of thioether (sulfide) groups is 1. The van der Waals surface area contributed by atoms with E-state index in [0.29, 0.717) is 6.54 Å². The summed E-state index contributed by atoms with van der Waals surface area (Å²) in [6, 6.07) is 0. The standard InChI is InChI=1S/C8H17NOS/c1-4-9(5-2)7-8(10)11-6-3/h4-7H2,1-3H3. The molecule has 0 bridgehead atoms. The Labute approximate surface area is 73.3 Å². The van der Waals surface area contributed by atoms with Crippen LogP contribution in [0.4, 0.5) is 0 Å². The lowest BCUT2D eigenvalue weighted by molar-refractivity contribution is -0.111. The van der Waals surface area contributed by atoms with Gasteiger partial charge in [0.2, 0.25) is 5.12 Å². The first kappa shape index (κ1) is 11.0. The lowest BCUT2D eigenvalue weighted by Gasteiger charge is -2.15. The van der Waals surface area contributed by atoms with Crippen LogP contribution in [0.25, 0.3) is 0 Å². The van der Waals surface area contributed by atoms with Crippen molar-refractivity contribution in [1.82, 2.24) is 4.90 Å². The predicted octanol–water partition coefficient (Wildman–Crippen LogP) is 1.61. The fraction of sp³-hybridized carbons (Fsp3) is 0.875. The highest BCUT2D eigenvalue weighted by Gasteiger charge is 2.05. The van der Waals surface area contributed by atoms with Gasteiger partial charge in [-0.1, -0.05) is 32.5 Å². The van der Waals surface area contributed by atoms with E-state index in [9.17, 15) is 4.79 Å². The third-order valence-corrected chi connectivity index (χ3v) is 2.29. The van der Waals surface area contributed by atoms with Crippen molar-refractivity contribution in [2.24, 2.45) is 0 Å². The summed E-state index contributed by atoms with van der Waals surface area (Å²) in [5.41, 5.74) is 0. The van der Waals surface area contributed by atoms with Gasteiger partial charge in [-0.2, -0.15) is 0 Å². The maximum atomic E-state index is 11.1. The molecule has 0 aromatic rings. The number of rotatable bonds is 5. The molecule has 2 nitrogen and oxygen atoms in total. The Bertz CT molecular complexity index is 113. The van der Waals surface area contributed by atoms with Crippen LogP contribution in [0.2, 0.25) is 0 Å².